The van der Waals surface area contributed by atoms with Crippen LogP contribution in [0, 0.1) is 5.82 Å². The van der Waals surface area contributed by atoms with Crippen molar-refractivity contribution in [2.24, 2.45) is 0 Å². The Bertz CT molecular complexity index is 1400. The van der Waals surface area contributed by atoms with Crippen LogP contribution in [0.2, 0.25) is 5.02 Å². The van der Waals surface area contributed by atoms with E-state index in [1.807, 2.05) is 18.2 Å². The third-order valence-corrected chi connectivity index (χ3v) is 7.94. The molecule has 5 nitrogen and oxygen atoms in total. The van der Waals surface area contributed by atoms with Gasteiger partial charge in [0, 0.05) is 41.7 Å². The molecular weight excluding hydrogens is 544 g/mol. The van der Waals surface area contributed by atoms with Crippen LogP contribution >= 0.6 is 35.8 Å². The predicted octanol–water partition coefficient (Wildman–Crippen LogP) is 7.48. The number of halogens is 3. The van der Waals surface area contributed by atoms with Crippen LogP contribution < -0.4 is 0 Å². The van der Waals surface area contributed by atoms with Crippen molar-refractivity contribution in [2.75, 3.05) is 19.6 Å². The molecule has 0 aliphatic carbocycles. The second kappa shape index (κ2) is 12.9. The van der Waals surface area contributed by atoms with E-state index in [4.69, 9.17) is 16.6 Å². The number of Topliss-reactive ketones (excluding diaryl/α,β-unsaturated/α-hetero) is 1. The van der Waals surface area contributed by atoms with Crippen molar-refractivity contribution in [2.45, 2.75) is 36.9 Å². The van der Waals surface area contributed by atoms with Crippen LogP contribution in [0.4, 0.5) is 4.39 Å². The molecule has 38 heavy (non-hydrogen) atoms. The number of thioether (sulfide) groups is 1. The molecule has 1 saturated heterocycles. The molecule has 9 heteroatoms. The summed E-state index contributed by atoms with van der Waals surface area (Å²) in [6.07, 6.45) is 3.10. The second-order valence-corrected chi connectivity index (χ2v) is 10.6. The molecule has 5 rings (SSSR count). The highest BCUT2D eigenvalue weighted by Gasteiger charge is 2.26. The number of hydrogen-bond acceptors (Lipinski definition) is 5. The smallest absolute Gasteiger partial charge is 0.227 e. The molecule has 0 radical (unpaired) electrons. The van der Waals surface area contributed by atoms with Gasteiger partial charge in [-0.3, -0.25) is 9.59 Å². The number of rotatable bonds is 8. The molecule has 1 fully saturated rings. The van der Waals surface area contributed by atoms with Gasteiger partial charge in [0.2, 0.25) is 5.12 Å². The fraction of sp³-hybridized carbons (Fsp3) is 0.276. The molecule has 0 saturated carbocycles. The number of likely N-dealkylation sites (tertiary alicyclic amines) is 1. The molecule has 0 spiro atoms. The highest BCUT2D eigenvalue weighted by atomic mass is 35.5. The van der Waals surface area contributed by atoms with Crippen LogP contribution in [-0.4, -0.2) is 45.0 Å². The van der Waals surface area contributed by atoms with Crippen molar-refractivity contribution in [1.29, 1.82) is 0 Å². The maximum atomic E-state index is 13.1. The zero-order valence-corrected chi connectivity index (χ0v) is 23.1. The van der Waals surface area contributed by atoms with Gasteiger partial charge >= 0.3 is 0 Å². The Hall–Kier alpha value is -2.71. The molecule has 0 bridgehead atoms. The number of imidazole rings is 1. The van der Waals surface area contributed by atoms with Gasteiger partial charge in [-0.2, -0.15) is 0 Å². The zero-order valence-electron chi connectivity index (χ0n) is 20.7. The van der Waals surface area contributed by atoms with Crippen LogP contribution in [0.25, 0.3) is 11.0 Å². The third kappa shape index (κ3) is 6.64. The molecule has 1 aliphatic rings. The van der Waals surface area contributed by atoms with Crippen molar-refractivity contribution < 1.29 is 14.0 Å². The van der Waals surface area contributed by atoms with E-state index in [1.54, 1.807) is 36.4 Å². The molecule has 0 atom stereocenters. The fourth-order valence-corrected chi connectivity index (χ4v) is 5.86. The minimum Gasteiger partial charge on any atom is -0.315 e. The largest absolute Gasteiger partial charge is 0.315 e. The molecule has 2 heterocycles. The number of benzene rings is 3. The summed E-state index contributed by atoms with van der Waals surface area (Å²) < 4.78 is 15.3. The normalized spacial score (nSPS) is 14.4. The number of ketones is 1. The van der Waals surface area contributed by atoms with E-state index in [-0.39, 0.29) is 35.2 Å². The van der Waals surface area contributed by atoms with Gasteiger partial charge in [-0.1, -0.05) is 23.7 Å². The monoisotopic (exact) mass is 571 g/mol. The van der Waals surface area contributed by atoms with Crippen molar-refractivity contribution >= 4 is 57.7 Å². The van der Waals surface area contributed by atoms with Crippen LogP contribution in [0.3, 0.4) is 0 Å². The van der Waals surface area contributed by atoms with Crippen molar-refractivity contribution in [3.05, 3.63) is 94.8 Å². The minimum atomic E-state index is -0.332. The SMILES string of the molecule is Cl.O=C(CCCN1CCC(n2c(SC(=O)c3ccc(Cl)cc3)nc3ccccc32)CC1)c1ccc(F)cc1. The second-order valence-electron chi connectivity index (χ2n) is 9.26. The number of para-hydroxylation sites is 2. The lowest BCUT2D eigenvalue weighted by Crippen LogP contribution is -2.35. The van der Waals surface area contributed by atoms with E-state index >= 15 is 0 Å². The summed E-state index contributed by atoms with van der Waals surface area (Å²) >= 11 is 7.14. The Morgan fingerprint density at radius 1 is 0.947 bits per heavy atom. The van der Waals surface area contributed by atoms with Crippen molar-refractivity contribution in [3.8, 4) is 0 Å². The Morgan fingerprint density at radius 2 is 1.61 bits per heavy atom. The van der Waals surface area contributed by atoms with Crippen LogP contribution in [0.5, 0.6) is 0 Å². The van der Waals surface area contributed by atoms with Gasteiger partial charge < -0.3 is 9.47 Å². The lowest BCUT2D eigenvalue weighted by molar-refractivity contribution is 0.0969. The standard InChI is InChI=1S/C29H27ClFN3O2S.ClH/c30-22-11-7-21(8-12-22)28(36)37-29-32-25-4-1-2-5-26(25)34(29)24-15-18-33(19-16-24)17-3-6-27(35)20-9-13-23(31)14-10-20;/h1-2,4-5,7-14,24H,3,6,15-19H2;1H. The molecule has 0 N–H and O–H groups in total. The molecule has 1 aromatic heterocycles. The molecule has 198 valence electrons. The summed E-state index contributed by atoms with van der Waals surface area (Å²) in [5.74, 6) is -0.284. The fourth-order valence-electron chi connectivity index (χ4n) is 4.82. The number of nitrogens with zero attached hydrogens (tertiary/aromatic N) is 3. The summed E-state index contributed by atoms with van der Waals surface area (Å²) in [5, 5.41) is 1.25. The average Bonchev–Trinajstić information content (AvgIpc) is 3.27. The van der Waals surface area contributed by atoms with E-state index in [9.17, 15) is 14.0 Å². The number of carbonyl (C=O) groups excluding carboxylic acids is 2. The summed E-state index contributed by atoms with van der Waals surface area (Å²) in [7, 11) is 0. The van der Waals surface area contributed by atoms with E-state index < -0.39 is 0 Å². The van der Waals surface area contributed by atoms with Gasteiger partial charge in [0.05, 0.1) is 11.0 Å². The lowest BCUT2D eigenvalue weighted by Gasteiger charge is -2.33. The van der Waals surface area contributed by atoms with Gasteiger partial charge in [0.15, 0.2) is 10.9 Å². The van der Waals surface area contributed by atoms with Crippen LogP contribution in [0.1, 0.15) is 52.4 Å². The number of aromatic nitrogens is 2. The maximum absolute atomic E-state index is 13.1. The van der Waals surface area contributed by atoms with Crippen LogP contribution in [-0.2, 0) is 0 Å². The summed E-state index contributed by atoms with van der Waals surface area (Å²) in [6.45, 7) is 2.68. The summed E-state index contributed by atoms with van der Waals surface area (Å²) in [6, 6.07) is 20.9. The molecule has 0 amide bonds. The van der Waals surface area contributed by atoms with Gasteiger partial charge in [0.1, 0.15) is 5.82 Å². The summed E-state index contributed by atoms with van der Waals surface area (Å²) in [4.78, 5) is 32.6. The number of fused-ring (bicyclic) bond motifs is 1. The molecule has 0 unspecified atom stereocenters. The highest BCUT2D eigenvalue weighted by molar-refractivity contribution is 8.14. The predicted molar refractivity (Wildman–Crippen MR) is 153 cm³/mol. The first kappa shape index (κ1) is 28.3. The van der Waals surface area contributed by atoms with Gasteiger partial charge in [-0.15, -0.1) is 12.4 Å². The Balaban J connectivity index is 0.00000336. The molecule has 1 aliphatic heterocycles. The lowest BCUT2D eigenvalue weighted by atomic mass is 10.0. The molecule has 4 aromatic rings. The quantitative estimate of drug-likeness (QED) is 0.162. The first-order chi connectivity index (χ1) is 18.0. The highest BCUT2D eigenvalue weighted by Crippen LogP contribution is 2.34. The first-order valence-corrected chi connectivity index (χ1v) is 13.6. The number of carbonyl (C=O) groups is 2. The van der Waals surface area contributed by atoms with Crippen molar-refractivity contribution in [3.63, 3.8) is 0 Å². The van der Waals surface area contributed by atoms with Gasteiger partial charge in [0.25, 0.3) is 0 Å². The average molecular weight is 573 g/mol. The third-order valence-electron chi connectivity index (χ3n) is 6.79. The molecule has 3 aromatic carbocycles. The van der Waals surface area contributed by atoms with Crippen molar-refractivity contribution in [1.82, 2.24) is 14.5 Å². The van der Waals surface area contributed by atoms with Gasteiger partial charge in [-0.05, 0) is 98.2 Å². The Kier molecular flexibility index (Phi) is 9.60. The minimum absolute atomic E-state index is 0. The maximum Gasteiger partial charge on any atom is 0.227 e. The topological polar surface area (TPSA) is 55.2 Å². The number of hydrogen-bond donors (Lipinski definition) is 0. The van der Waals surface area contributed by atoms with Gasteiger partial charge in [-0.25, -0.2) is 9.37 Å². The van der Waals surface area contributed by atoms with E-state index in [1.165, 1.54) is 12.1 Å². The van der Waals surface area contributed by atoms with Crippen LogP contribution in [0.15, 0.2) is 78.0 Å². The Labute approximate surface area is 236 Å². The molecular formula is C29H28Cl2FN3O2S. The Morgan fingerprint density at radius 3 is 2.32 bits per heavy atom. The summed E-state index contributed by atoms with van der Waals surface area (Å²) in [5.41, 5.74) is 3.08. The van der Waals surface area contributed by atoms with E-state index in [2.05, 4.69) is 15.5 Å². The zero-order chi connectivity index (χ0) is 25.8. The van der Waals surface area contributed by atoms with E-state index in [0.717, 1.165) is 61.7 Å². The van der Waals surface area contributed by atoms with E-state index in [0.29, 0.717) is 27.7 Å². The first-order valence-electron chi connectivity index (χ1n) is 12.4. The number of piperidine rings is 1.